The number of benzene rings is 2. The molecule has 1 fully saturated rings. The molecule has 0 atom stereocenters. The van der Waals surface area contributed by atoms with Crippen LogP contribution in [0.1, 0.15) is 19.4 Å². The van der Waals surface area contributed by atoms with Crippen LogP contribution < -0.4 is 4.90 Å². The molecular weight excluding hydrogens is 430 g/mol. The van der Waals surface area contributed by atoms with E-state index in [1.165, 1.54) is 14.5 Å². The number of fused-ring (bicyclic) bond motifs is 1. The van der Waals surface area contributed by atoms with Crippen LogP contribution in [0.3, 0.4) is 0 Å². The van der Waals surface area contributed by atoms with Crippen molar-refractivity contribution >= 4 is 56.1 Å². The van der Waals surface area contributed by atoms with Gasteiger partial charge >= 0.3 is 0 Å². The molecule has 2 aromatic carbocycles. The largest absolute Gasteiger partial charge is 0.345 e. The summed E-state index contributed by atoms with van der Waals surface area (Å²) in [5.74, 6) is 0.216. The first-order chi connectivity index (χ1) is 14.5. The minimum Gasteiger partial charge on any atom is -0.345 e. The van der Waals surface area contributed by atoms with E-state index in [4.69, 9.17) is 4.98 Å². The zero-order valence-corrected chi connectivity index (χ0v) is 20.1. The monoisotopic (exact) mass is 457 g/mol. The van der Waals surface area contributed by atoms with Crippen LogP contribution >= 0.6 is 34.9 Å². The highest BCUT2D eigenvalue weighted by Gasteiger charge is 2.23. The van der Waals surface area contributed by atoms with Gasteiger partial charge in [-0.2, -0.15) is 0 Å². The van der Waals surface area contributed by atoms with Crippen LogP contribution in [0.15, 0.2) is 52.3 Å². The summed E-state index contributed by atoms with van der Waals surface area (Å²) >= 11 is 5.33. The number of hydrogen-bond acceptors (Lipinski definition) is 6. The minimum atomic E-state index is 0.216. The zero-order valence-electron chi connectivity index (χ0n) is 17.6. The summed E-state index contributed by atoms with van der Waals surface area (Å²) in [6.07, 6.45) is 2.57. The lowest BCUT2D eigenvalue weighted by Crippen LogP contribution is -2.49. The summed E-state index contributed by atoms with van der Waals surface area (Å²) in [6, 6.07) is 14.8. The van der Waals surface area contributed by atoms with E-state index in [0.29, 0.717) is 11.7 Å². The molecule has 0 radical (unpaired) electrons. The predicted molar refractivity (Wildman–Crippen MR) is 131 cm³/mol. The maximum Gasteiger partial charge on any atom is 0.227 e. The summed E-state index contributed by atoms with van der Waals surface area (Å²) in [5, 5.41) is 1.63. The zero-order chi connectivity index (χ0) is 21.1. The first kappa shape index (κ1) is 21.5. The van der Waals surface area contributed by atoms with E-state index < -0.39 is 0 Å². The third kappa shape index (κ3) is 4.95. The molecule has 7 heteroatoms. The molecule has 4 rings (SSSR count). The molecule has 4 nitrogen and oxygen atoms in total. The Balaban J connectivity index is 1.34. The highest BCUT2D eigenvalue weighted by Crippen LogP contribution is 2.34. The Labute approximate surface area is 191 Å². The van der Waals surface area contributed by atoms with Gasteiger partial charge in [0, 0.05) is 41.2 Å². The second-order valence-corrected chi connectivity index (χ2v) is 11.2. The Morgan fingerprint density at radius 1 is 1.10 bits per heavy atom. The maximum absolute atomic E-state index is 12.8. The van der Waals surface area contributed by atoms with Gasteiger partial charge in [-0.3, -0.25) is 4.79 Å². The van der Waals surface area contributed by atoms with E-state index in [2.05, 4.69) is 67.5 Å². The summed E-state index contributed by atoms with van der Waals surface area (Å²) in [7, 11) is 0. The van der Waals surface area contributed by atoms with Gasteiger partial charge in [-0.05, 0) is 36.1 Å². The number of carbonyl (C=O) groups excluding carboxylic acids is 1. The van der Waals surface area contributed by atoms with Crippen LogP contribution in [0, 0.1) is 0 Å². The van der Waals surface area contributed by atoms with Gasteiger partial charge in [-0.25, -0.2) is 4.98 Å². The number of carbonyl (C=O) groups is 1. The average Bonchev–Trinajstić information content (AvgIpc) is 3.19. The van der Waals surface area contributed by atoms with Crippen LogP contribution in [0.25, 0.3) is 10.2 Å². The molecule has 30 heavy (non-hydrogen) atoms. The van der Waals surface area contributed by atoms with Gasteiger partial charge in [0.1, 0.15) is 0 Å². The molecule has 0 spiro atoms. The van der Waals surface area contributed by atoms with Crippen molar-refractivity contribution in [1.29, 1.82) is 0 Å². The lowest BCUT2D eigenvalue weighted by molar-refractivity contribution is -0.130. The van der Waals surface area contributed by atoms with E-state index >= 15 is 0 Å². The average molecular weight is 458 g/mol. The number of thiazole rings is 1. The van der Waals surface area contributed by atoms with Crippen molar-refractivity contribution in [1.82, 2.24) is 9.88 Å². The van der Waals surface area contributed by atoms with Crippen LogP contribution in [-0.2, 0) is 11.2 Å². The predicted octanol–water partition coefficient (Wildman–Crippen LogP) is 5.41. The fourth-order valence-corrected chi connectivity index (χ4v) is 6.11. The lowest BCUT2D eigenvalue weighted by atomic mass is 10.1. The second kappa shape index (κ2) is 9.62. The molecule has 1 aliphatic heterocycles. The van der Waals surface area contributed by atoms with Gasteiger partial charge in [0.2, 0.25) is 5.91 Å². The van der Waals surface area contributed by atoms with Crippen LogP contribution in [-0.4, -0.2) is 53.5 Å². The molecule has 0 bridgehead atoms. The van der Waals surface area contributed by atoms with Crippen molar-refractivity contribution in [3.63, 3.8) is 0 Å². The fourth-order valence-electron chi connectivity index (χ4n) is 3.60. The smallest absolute Gasteiger partial charge is 0.227 e. The van der Waals surface area contributed by atoms with E-state index in [1.807, 2.05) is 16.7 Å². The topological polar surface area (TPSA) is 36.4 Å². The number of hydrogen-bond donors (Lipinski definition) is 0. The molecule has 1 aliphatic rings. The molecule has 2 heterocycles. The molecule has 0 unspecified atom stereocenters. The first-order valence-electron chi connectivity index (χ1n) is 10.3. The number of piperazine rings is 1. The molecule has 158 valence electrons. The molecule has 3 aromatic rings. The van der Waals surface area contributed by atoms with E-state index in [0.717, 1.165) is 42.4 Å². The van der Waals surface area contributed by atoms with Crippen LogP contribution in [0.4, 0.5) is 5.13 Å². The number of rotatable bonds is 6. The minimum absolute atomic E-state index is 0.216. The van der Waals surface area contributed by atoms with Crippen molar-refractivity contribution in [2.45, 2.75) is 35.3 Å². The Hall–Kier alpha value is -1.70. The fraction of sp³-hybridized carbons (Fsp3) is 0.391. The Morgan fingerprint density at radius 3 is 2.50 bits per heavy atom. The second-order valence-electron chi connectivity index (χ2n) is 7.66. The number of para-hydroxylation sites is 1. The summed E-state index contributed by atoms with van der Waals surface area (Å²) in [5.41, 5.74) is 2.19. The number of aromatic nitrogens is 1. The SMILES string of the molecule is CSc1cccc2sc(N3CCN(C(=O)Cc4ccc(SC(C)C)cc4)CC3)nc12. The van der Waals surface area contributed by atoms with Crippen molar-refractivity contribution in [3.8, 4) is 0 Å². The van der Waals surface area contributed by atoms with Crippen molar-refractivity contribution in [3.05, 3.63) is 48.0 Å². The maximum atomic E-state index is 12.8. The quantitative estimate of drug-likeness (QED) is 0.463. The molecule has 1 amide bonds. The van der Waals surface area contributed by atoms with Crippen molar-refractivity contribution in [2.24, 2.45) is 0 Å². The molecule has 0 aliphatic carbocycles. The van der Waals surface area contributed by atoms with Gasteiger partial charge in [0.15, 0.2) is 5.13 Å². The van der Waals surface area contributed by atoms with Crippen LogP contribution in [0.2, 0.25) is 0 Å². The molecule has 0 saturated carbocycles. The van der Waals surface area contributed by atoms with Gasteiger partial charge < -0.3 is 9.80 Å². The van der Waals surface area contributed by atoms with Crippen molar-refractivity contribution in [2.75, 3.05) is 37.3 Å². The van der Waals surface area contributed by atoms with E-state index in [9.17, 15) is 4.79 Å². The summed E-state index contributed by atoms with van der Waals surface area (Å²) < 4.78 is 1.23. The highest BCUT2D eigenvalue weighted by atomic mass is 32.2. The van der Waals surface area contributed by atoms with E-state index in [-0.39, 0.29) is 5.91 Å². The van der Waals surface area contributed by atoms with Crippen molar-refractivity contribution < 1.29 is 4.79 Å². The highest BCUT2D eigenvalue weighted by molar-refractivity contribution is 8.00. The normalized spacial score (nSPS) is 14.7. The third-order valence-electron chi connectivity index (χ3n) is 5.14. The lowest BCUT2D eigenvalue weighted by Gasteiger charge is -2.34. The van der Waals surface area contributed by atoms with Gasteiger partial charge in [-0.1, -0.05) is 43.4 Å². The Morgan fingerprint density at radius 2 is 1.83 bits per heavy atom. The van der Waals surface area contributed by atoms with Crippen LogP contribution in [0.5, 0.6) is 0 Å². The number of nitrogens with zero attached hydrogens (tertiary/aromatic N) is 3. The summed E-state index contributed by atoms with van der Waals surface area (Å²) in [4.78, 5) is 24.5. The Kier molecular flexibility index (Phi) is 6.91. The molecule has 1 saturated heterocycles. The van der Waals surface area contributed by atoms with Gasteiger partial charge in [0.05, 0.1) is 16.6 Å². The molecular formula is C23H27N3OS3. The standard InChI is InChI=1S/C23H27N3OS3/c1-16(2)29-18-9-7-17(8-10-18)15-21(27)25-11-13-26(14-12-25)23-24-22-19(28-3)5-4-6-20(22)30-23/h4-10,16H,11-15H2,1-3H3. The number of anilines is 1. The number of thioether (sulfide) groups is 2. The van der Waals surface area contributed by atoms with E-state index in [1.54, 1.807) is 23.1 Å². The summed E-state index contributed by atoms with van der Waals surface area (Å²) in [6.45, 7) is 7.57. The third-order valence-corrected chi connectivity index (χ3v) is 8.01. The molecule has 1 aromatic heterocycles. The van der Waals surface area contributed by atoms with Gasteiger partial charge in [-0.15, -0.1) is 23.5 Å². The number of amides is 1. The Bertz CT molecular complexity index is 1010. The molecule has 0 N–H and O–H groups in total. The first-order valence-corrected chi connectivity index (χ1v) is 13.2. The van der Waals surface area contributed by atoms with Gasteiger partial charge in [0.25, 0.3) is 0 Å².